The van der Waals surface area contributed by atoms with Gasteiger partial charge in [0.15, 0.2) is 0 Å². The van der Waals surface area contributed by atoms with Gasteiger partial charge in [-0.2, -0.15) is 0 Å². The molecule has 0 amide bonds. The standard InChI is InChI=1S/C34H26N4/c1-2-26-27-17-19-31(37-27)33(22-9-5-3-6-10-22)29-15-13-24(35-29)21-25-14-16-30(36-25)34(23-11-7-4-8-12-23)32-20-18-28(26)38-32/h3-21,35-36H,2H2,1H3. The van der Waals surface area contributed by atoms with E-state index in [-0.39, 0.29) is 0 Å². The summed E-state index contributed by atoms with van der Waals surface area (Å²) in [5.74, 6) is 0. The van der Waals surface area contributed by atoms with E-state index in [0.29, 0.717) is 0 Å². The van der Waals surface area contributed by atoms with E-state index in [1.54, 1.807) is 0 Å². The molecule has 0 aliphatic carbocycles. The quantitative estimate of drug-likeness (QED) is 0.261. The lowest BCUT2D eigenvalue weighted by atomic mass is 10.0. The number of fused-ring (bicyclic) bond motifs is 8. The molecule has 5 aromatic rings. The molecule has 2 aromatic carbocycles. The van der Waals surface area contributed by atoms with Gasteiger partial charge in [-0.15, -0.1) is 0 Å². The highest BCUT2D eigenvalue weighted by Gasteiger charge is 2.16. The van der Waals surface area contributed by atoms with Crippen molar-refractivity contribution >= 4 is 46.4 Å². The van der Waals surface area contributed by atoms with Crippen LogP contribution in [0.5, 0.6) is 0 Å². The predicted molar refractivity (Wildman–Crippen MR) is 159 cm³/mol. The molecule has 0 unspecified atom stereocenters. The summed E-state index contributed by atoms with van der Waals surface area (Å²) in [6, 6.07) is 31.6. The van der Waals surface area contributed by atoms with Crippen LogP contribution in [0.15, 0.2) is 91.0 Å². The summed E-state index contributed by atoms with van der Waals surface area (Å²) in [4.78, 5) is 17.6. The first-order valence-corrected chi connectivity index (χ1v) is 13.0. The second-order valence-electron chi connectivity index (χ2n) is 9.54. The molecular weight excluding hydrogens is 464 g/mol. The van der Waals surface area contributed by atoms with Crippen molar-refractivity contribution < 1.29 is 0 Å². The van der Waals surface area contributed by atoms with Crippen molar-refractivity contribution in [3.63, 3.8) is 0 Å². The minimum Gasteiger partial charge on any atom is -0.355 e. The van der Waals surface area contributed by atoms with Crippen LogP contribution in [-0.2, 0) is 6.42 Å². The second-order valence-corrected chi connectivity index (χ2v) is 9.54. The van der Waals surface area contributed by atoms with Crippen molar-refractivity contribution in [1.29, 1.82) is 0 Å². The summed E-state index contributed by atoms with van der Waals surface area (Å²) in [5.41, 5.74) is 13.5. The molecule has 2 N–H and O–H groups in total. The largest absolute Gasteiger partial charge is 0.355 e. The smallest absolute Gasteiger partial charge is 0.0737 e. The fourth-order valence-electron chi connectivity index (χ4n) is 5.38. The Kier molecular flexibility index (Phi) is 5.37. The van der Waals surface area contributed by atoms with Crippen LogP contribution in [0.25, 0.3) is 68.6 Å². The molecule has 7 rings (SSSR count). The summed E-state index contributed by atoms with van der Waals surface area (Å²) in [6.07, 6.45) is 9.33. The van der Waals surface area contributed by atoms with Crippen LogP contribution in [0.2, 0.25) is 0 Å². The number of rotatable bonds is 3. The van der Waals surface area contributed by atoms with Crippen LogP contribution in [0.1, 0.15) is 35.3 Å². The number of aromatic amines is 2. The zero-order valence-corrected chi connectivity index (χ0v) is 21.1. The lowest BCUT2D eigenvalue weighted by molar-refractivity contribution is 1.08. The fraction of sp³-hybridized carbons (Fsp3) is 0.0588. The van der Waals surface area contributed by atoms with E-state index in [9.17, 15) is 0 Å². The summed E-state index contributed by atoms with van der Waals surface area (Å²) < 4.78 is 0. The minimum atomic E-state index is 0.836. The van der Waals surface area contributed by atoms with Gasteiger partial charge in [-0.3, -0.25) is 0 Å². The van der Waals surface area contributed by atoms with Gasteiger partial charge in [-0.25, -0.2) is 9.97 Å². The lowest BCUT2D eigenvalue weighted by Gasteiger charge is -2.04. The van der Waals surface area contributed by atoms with E-state index < -0.39 is 0 Å². The van der Waals surface area contributed by atoms with Gasteiger partial charge in [0, 0.05) is 38.8 Å². The van der Waals surface area contributed by atoms with E-state index in [1.165, 1.54) is 0 Å². The minimum absolute atomic E-state index is 0.836. The van der Waals surface area contributed by atoms with Gasteiger partial charge >= 0.3 is 0 Å². The zero-order valence-electron chi connectivity index (χ0n) is 21.1. The van der Waals surface area contributed by atoms with Crippen molar-refractivity contribution in [1.82, 2.24) is 19.9 Å². The summed E-state index contributed by atoms with van der Waals surface area (Å²) >= 11 is 0. The van der Waals surface area contributed by atoms with Crippen molar-refractivity contribution in [2.24, 2.45) is 0 Å². The van der Waals surface area contributed by atoms with E-state index in [2.05, 4.69) is 120 Å². The van der Waals surface area contributed by atoms with Crippen molar-refractivity contribution in [2.45, 2.75) is 13.3 Å². The number of aromatic nitrogens is 4. The van der Waals surface area contributed by atoms with E-state index >= 15 is 0 Å². The topological polar surface area (TPSA) is 57.4 Å². The van der Waals surface area contributed by atoms with E-state index in [4.69, 9.17) is 9.97 Å². The van der Waals surface area contributed by atoms with Gasteiger partial charge in [-0.05, 0) is 72.2 Å². The normalized spacial score (nSPS) is 12.2. The Morgan fingerprint density at radius 3 is 1.42 bits per heavy atom. The van der Waals surface area contributed by atoms with E-state index in [1.807, 2.05) is 12.1 Å². The Hall–Kier alpha value is -4.96. The number of benzene rings is 2. The molecule has 0 saturated heterocycles. The molecule has 4 nitrogen and oxygen atoms in total. The van der Waals surface area contributed by atoms with Crippen molar-refractivity contribution in [2.75, 3.05) is 0 Å². The molecule has 8 bridgehead atoms. The molecule has 0 spiro atoms. The number of hydrogen-bond donors (Lipinski definition) is 2. The summed E-state index contributed by atoms with van der Waals surface area (Å²) in [7, 11) is 0. The maximum atomic E-state index is 5.15. The lowest BCUT2D eigenvalue weighted by Crippen LogP contribution is -1.92. The first-order chi connectivity index (χ1) is 18.8. The highest BCUT2D eigenvalue weighted by atomic mass is 14.8. The average molecular weight is 491 g/mol. The third kappa shape index (κ3) is 3.87. The summed E-state index contributed by atoms with van der Waals surface area (Å²) in [6.45, 7) is 2.17. The highest BCUT2D eigenvalue weighted by molar-refractivity contribution is 5.93. The number of H-pyrrole nitrogens is 2. The summed E-state index contributed by atoms with van der Waals surface area (Å²) in [5, 5.41) is 0. The Morgan fingerprint density at radius 2 is 0.974 bits per heavy atom. The molecule has 0 fully saturated rings. The molecule has 2 aliphatic rings. The number of nitrogens with one attached hydrogen (secondary N) is 2. The maximum Gasteiger partial charge on any atom is 0.0737 e. The molecule has 38 heavy (non-hydrogen) atoms. The molecule has 3 aromatic heterocycles. The third-order valence-electron chi connectivity index (χ3n) is 7.16. The molecule has 2 aliphatic heterocycles. The molecule has 0 radical (unpaired) electrons. The van der Waals surface area contributed by atoms with Crippen LogP contribution < -0.4 is 0 Å². The van der Waals surface area contributed by atoms with Crippen molar-refractivity contribution in [3.05, 3.63) is 119 Å². The molecular formula is C34H26N4. The van der Waals surface area contributed by atoms with Crippen LogP contribution in [-0.4, -0.2) is 19.9 Å². The number of nitrogens with zero attached hydrogens (tertiary/aromatic N) is 2. The van der Waals surface area contributed by atoms with Gasteiger partial charge in [0.2, 0.25) is 0 Å². The van der Waals surface area contributed by atoms with Gasteiger partial charge in [0.25, 0.3) is 0 Å². The van der Waals surface area contributed by atoms with Gasteiger partial charge in [-0.1, -0.05) is 67.6 Å². The molecule has 182 valence electrons. The SMILES string of the molecule is CCc1c2nc(c(-c3ccccc3)c3ccc(cc4ccc([nH]4)c(-c4ccccc4)c4nc1C=C4)[nH]3)C=C2. The van der Waals surface area contributed by atoms with Gasteiger partial charge < -0.3 is 9.97 Å². The maximum absolute atomic E-state index is 5.15. The van der Waals surface area contributed by atoms with Gasteiger partial charge in [0.1, 0.15) is 0 Å². The van der Waals surface area contributed by atoms with Crippen LogP contribution in [0, 0.1) is 0 Å². The zero-order chi connectivity index (χ0) is 25.5. The molecule has 4 heteroatoms. The first kappa shape index (κ1) is 22.3. The molecule has 5 heterocycles. The van der Waals surface area contributed by atoms with Crippen LogP contribution in [0.3, 0.4) is 0 Å². The Morgan fingerprint density at radius 1 is 0.526 bits per heavy atom. The van der Waals surface area contributed by atoms with Gasteiger partial charge in [0.05, 0.1) is 22.8 Å². The van der Waals surface area contributed by atoms with E-state index in [0.717, 1.165) is 79.1 Å². The molecule has 0 saturated carbocycles. The van der Waals surface area contributed by atoms with Crippen LogP contribution >= 0.6 is 0 Å². The van der Waals surface area contributed by atoms with Crippen molar-refractivity contribution in [3.8, 4) is 22.3 Å². The second kappa shape index (κ2) is 9.16. The fourth-order valence-corrected chi connectivity index (χ4v) is 5.38. The van der Waals surface area contributed by atoms with Crippen LogP contribution in [0.4, 0.5) is 0 Å². The monoisotopic (exact) mass is 490 g/mol. The highest BCUT2D eigenvalue weighted by Crippen LogP contribution is 2.33. The first-order valence-electron chi connectivity index (χ1n) is 13.0. The Labute approximate surface area is 221 Å². The molecule has 0 atom stereocenters. The Balaban J connectivity index is 1.62. The third-order valence-corrected chi connectivity index (χ3v) is 7.16. The average Bonchev–Trinajstić information content (AvgIpc) is 3.77. The number of hydrogen-bond acceptors (Lipinski definition) is 2. The Bertz CT molecular complexity index is 1750. The predicted octanol–water partition coefficient (Wildman–Crippen LogP) is 8.55.